The van der Waals surface area contributed by atoms with Crippen LogP contribution in [0, 0.1) is 0 Å². The highest BCUT2D eigenvalue weighted by molar-refractivity contribution is 5.51. The standard InChI is InChI=1S/C14H19FO9/c15-14-13(23-8-4-19)12(22-7-3-18)11(21-6-2-17)10(24-14)9-20-5-1-16/h1-4,10-14H,5-9H2/t10-,11-,12+,13-,14?/m1/s1/i1D,2D,3D,4D. The Morgan fingerprint density at radius 2 is 1.33 bits per heavy atom. The topological polar surface area (TPSA) is 114 Å². The first-order valence-electron chi connectivity index (χ1n) is 8.81. The van der Waals surface area contributed by atoms with Crippen molar-refractivity contribution in [2.24, 2.45) is 0 Å². The van der Waals surface area contributed by atoms with E-state index in [1.165, 1.54) is 0 Å². The Kier molecular flexibility index (Phi) is 7.28. The van der Waals surface area contributed by atoms with Crippen LogP contribution in [0.5, 0.6) is 0 Å². The van der Waals surface area contributed by atoms with E-state index in [1.807, 2.05) is 0 Å². The Bertz CT molecular complexity index is 579. The van der Waals surface area contributed by atoms with Crippen molar-refractivity contribution in [2.45, 2.75) is 30.8 Å². The van der Waals surface area contributed by atoms with E-state index in [0.717, 1.165) is 0 Å². The van der Waals surface area contributed by atoms with Gasteiger partial charge in [-0.3, -0.25) is 0 Å². The van der Waals surface area contributed by atoms with E-state index >= 15 is 0 Å². The summed E-state index contributed by atoms with van der Waals surface area (Å²) in [7, 11) is 0. The summed E-state index contributed by atoms with van der Waals surface area (Å²) >= 11 is 0. The molecule has 1 saturated heterocycles. The molecule has 5 atom stereocenters. The second kappa shape index (κ2) is 11.9. The van der Waals surface area contributed by atoms with Crippen LogP contribution in [0.2, 0.25) is 0 Å². The van der Waals surface area contributed by atoms with E-state index in [9.17, 15) is 23.6 Å². The average molecular weight is 354 g/mol. The Hall–Kier alpha value is -1.59. The lowest BCUT2D eigenvalue weighted by atomic mass is 9.99. The molecule has 0 bridgehead atoms. The summed E-state index contributed by atoms with van der Waals surface area (Å²) in [4.78, 5) is 43.3. The minimum atomic E-state index is -2.24. The SMILES string of the molecule is [2H]C(=O)COC[C@H]1OC(F)[C@H](OCC([2H])=O)[C@@H](OCC([2H])=O)[C@@H]1OCC([2H])=O. The molecule has 0 aromatic heterocycles. The molecule has 10 heteroatoms. The number of carbonyl (C=O) groups excluding carboxylic acids is 4. The molecule has 24 heavy (non-hydrogen) atoms. The lowest BCUT2D eigenvalue weighted by Crippen LogP contribution is -2.60. The van der Waals surface area contributed by atoms with Gasteiger partial charge in [0.1, 0.15) is 81.4 Å². The van der Waals surface area contributed by atoms with Crippen molar-refractivity contribution >= 4 is 25.0 Å². The van der Waals surface area contributed by atoms with Crippen molar-refractivity contribution in [3.05, 3.63) is 0 Å². The summed E-state index contributed by atoms with van der Waals surface area (Å²) in [6.45, 7) is -3.51. The Morgan fingerprint density at radius 3 is 1.88 bits per heavy atom. The van der Waals surface area contributed by atoms with Crippen LogP contribution in [0.3, 0.4) is 0 Å². The first-order chi connectivity index (χ1) is 13.1. The van der Waals surface area contributed by atoms with Crippen LogP contribution in [0.4, 0.5) is 4.39 Å². The van der Waals surface area contributed by atoms with Gasteiger partial charge in [0.15, 0.2) is 0 Å². The molecule has 1 heterocycles. The van der Waals surface area contributed by atoms with E-state index in [-0.39, 0.29) is 0 Å². The Balaban J connectivity index is 3.03. The predicted molar refractivity (Wildman–Crippen MR) is 74.1 cm³/mol. The molecule has 0 aliphatic carbocycles. The predicted octanol–water partition coefficient (Wildman–Crippen LogP) is -1.35. The third-order valence-corrected chi connectivity index (χ3v) is 3.02. The summed E-state index contributed by atoms with van der Waals surface area (Å²) in [5, 5.41) is 0. The number of alkyl halides is 1. The van der Waals surface area contributed by atoms with Crippen molar-refractivity contribution in [1.82, 2.24) is 0 Å². The van der Waals surface area contributed by atoms with E-state index < -0.39 is 88.9 Å². The maximum Gasteiger partial charge on any atom is 0.228 e. The minimum absolute atomic E-state index is 0.472. The van der Waals surface area contributed by atoms with Crippen LogP contribution in [0.25, 0.3) is 0 Å². The fourth-order valence-corrected chi connectivity index (χ4v) is 2.17. The molecule has 0 amide bonds. The third kappa shape index (κ3) is 6.13. The molecule has 1 unspecified atom stereocenters. The van der Waals surface area contributed by atoms with Gasteiger partial charge in [0.2, 0.25) is 6.36 Å². The molecule has 0 aromatic carbocycles. The lowest BCUT2D eigenvalue weighted by Gasteiger charge is -2.42. The average Bonchev–Trinajstić information content (AvgIpc) is 2.57. The molecule has 9 nitrogen and oxygen atoms in total. The van der Waals surface area contributed by atoms with Crippen molar-refractivity contribution in [3.8, 4) is 0 Å². The third-order valence-electron chi connectivity index (χ3n) is 3.02. The number of carbonyl (C=O) groups is 4. The molecule has 0 aromatic rings. The van der Waals surface area contributed by atoms with Crippen molar-refractivity contribution in [2.75, 3.05) is 33.0 Å². The number of ether oxygens (including phenoxy) is 5. The maximum absolute atomic E-state index is 14.4. The number of rotatable bonds is 13. The number of hydrogen-bond donors (Lipinski definition) is 0. The molecule has 1 aliphatic heterocycles. The van der Waals surface area contributed by atoms with Crippen LogP contribution < -0.4 is 0 Å². The fourth-order valence-electron chi connectivity index (χ4n) is 2.17. The van der Waals surface area contributed by atoms with Gasteiger partial charge in [-0.05, 0) is 0 Å². The zero-order valence-corrected chi connectivity index (χ0v) is 12.5. The summed E-state index contributed by atoms with van der Waals surface area (Å²) < 4.78 is 67.1. The van der Waals surface area contributed by atoms with Gasteiger partial charge in [0, 0.05) is 0 Å². The van der Waals surface area contributed by atoms with E-state index in [4.69, 9.17) is 29.2 Å². The minimum Gasteiger partial charge on any atom is -0.371 e. The van der Waals surface area contributed by atoms with Gasteiger partial charge in [0.05, 0.1) is 6.61 Å². The molecule has 0 spiro atoms. The van der Waals surface area contributed by atoms with Crippen LogP contribution in [0.15, 0.2) is 0 Å². The highest BCUT2D eigenvalue weighted by Gasteiger charge is 2.48. The quantitative estimate of drug-likeness (QED) is 0.370. The van der Waals surface area contributed by atoms with Gasteiger partial charge in [-0.2, -0.15) is 0 Å². The van der Waals surface area contributed by atoms with Gasteiger partial charge in [-0.25, -0.2) is 4.39 Å². The summed E-state index contributed by atoms with van der Waals surface area (Å²) in [6, 6.07) is 0. The molecular weight excluding hydrogens is 331 g/mol. The summed E-state index contributed by atoms with van der Waals surface area (Å²) in [5.74, 6) is 0. The van der Waals surface area contributed by atoms with E-state index in [1.54, 1.807) is 0 Å². The molecule has 136 valence electrons. The molecule has 0 N–H and O–H groups in total. The van der Waals surface area contributed by atoms with Gasteiger partial charge < -0.3 is 42.9 Å². The smallest absolute Gasteiger partial charge is 0.228 e. The van der Waals surface area contributed by atoms with Crippen LogP contribution in [-0.4, -0.2) is 88.9 Å². The number of aldehydes is 4. The Labute approximate surface area is 142 Å². The maximum atomic E-state index is 14.4. The molecule has 1 fully saturated rings. The monoisotopic (exact) mass is 354 g/mol. The van der Waals surface area contributed by atoms with E-state index in [0.29, 0.717) is 0 Å². The van der Waals surface area contributed by atoms with Crippen molar-refractivity contribution < 1.29 is 52.7 Å². The molecule has 0 radical (unpaired) electrons. The fraction of sp³-hybridized carbons (Fsp3) is 0.714. The normalized spacial score (nSPS) is 32.1. The van der Waals surface area contributed by atoms with Gasteiger partial charge >= 0.3 is 0 Å². The summed E-state index contributed by atoms with van der Waals surface area (Å²) in [5.41, 5.74) is 0. The van der Waals surface area contributed by atoms with Gasteiger partial charge in [-0.15, -0.1) is 0 Å². The molecular formula is C14H19FO9. The first-order valence-corrected chi connectivity index (χ1v) is 6.81. The van der Waals surface area contributed by atoms with Crippen molar-refractivity contribution in [3.63, 3.8) is 0 Å². The first kappa shape index (κ1) is 14.7. The highest BCUT2D eigenvalue weighted by Crippen LogP contribution is 2.29. The zero-order valence-electron chi connectivity index (χ0n) is 16.5. The summed E-state index contributed by atoms with van der Waals surface area (Å²) in [6.07, 6.45) is -12.6. The zero-order chi connectivity index (χ0) is 21.3. The van der Waals surface area contributed by atoms with E-state index in [2.05, 4.69) is 0 Å². The number of halogens is 1. The molecule has 0 saturated carbocycles. The van der Waals surface area contributed by atoms with Crippen LogP contribution >= 0.6 is 0 Å². The van der Waals surface area contributed by atoms with Crippen molar-refractivity contribution in [1.29, 1.82) is 0 Å². The second-order valence-electron chi connectivity index (χ2n) is 4.45. The van der Waals surface area contributed by atoms with Crippen LogP contribution in [0.1, 0.15) is 5.48 Å². The molecule has 1 aliphatic rings. The van der Waals surface area contributed by atoms with Gasteiger partial charge in [-0.1, -0.05) is 0 Å². The largest absolute Gasteiger partial charge is 0.371 e. The lowest BCUT2D eigenvalue weighted by molar-refractivity contribution is -0.287. The molecule has 1 rings (SSSR count). The second-order valence-corrected chi connectivity index (χ2v) is 4.45. The number of hydrogen-bond acceptors (Lipinski definition) is 9. The van der Waals surface area contributed by atoms with Gasteiger partial charge in [0.25, 0.3) is 0 Å². The Morgan fingerprint density at radius 1 is 0.833 bits per heavy atom. The highest BCUT2D eigenvalue weighted by atomic mass is 19.1. The van der Waals surface area contributed by atoms with Crippen LogP contribution in [-0.2, 0) is 42.9 Å².